The van der Waals surface area contributed by atoms with Gasteiger partial charge in [-0.05, 0) is 10.8 Å². The molecular formula is C32H40Hf. The summed E-state index contributed by atoms with van der Waals surface area (Å²) in [7, 11) is 0. The van der Waals surface area contributed by atoms with E-state index in [1.165, 1.54) is 82.2 Å². The molecule has 4 aromatic carbocycles. The standard InChI is InChI=1S/C21H25.C6H10.C5H5.Hf/c1-20(2,3)16-7-9-18-14(12-16)11-15-13-17(21(4,5)6)8-10-19(15)18;1-6-4-2-3-5-6;1-2-4-5-3-1;/h7-13H,1-6H3;1,6H,2-5H2;1-5H;/q-1;;-1;+2. The summed E-state index contributed by atoms with van der Waals surface area (Å²) in [6, 6.07) is 26.2. The molecule has 1 saturated carbocycles. The SMILES string of the molecule is CC(C)(C)c1ccc2c(c1)[cH-]c1cc(C(C)(C)C)ccc12.[Hf+2]=[CH]C1CCCC1.c1cc[cH-]c1. The summed E-state index contributed by atoms with van der Waals surface area (Å²) in [5, 5.41) is 5.48. The predicted molar refractivity (Wildman–Crippen MR) is 145 cm³/mol. The normalized spacial score (nSPS) is 14.5. The Hall–Kier alpha value is -1.60. The maximum atomic E-state index is 2.48. The molecule has 0 amide bonds. The molecule has 0 saturated heterocycles. The Kier molecular flexibility index (Phi) is 8.84. The molecule has 33 heavy (non-hydrogen) atoms. The van der Waals surface area contributed by atoms with Crippen LogP contribution in [-0.4, -0.2) is 3.76 Å². The molecule has 0 atom stereocenters. The van der Waals surface area contributed by atoms with E-state index in [0.717, 1.165) is 5.92 Å². The van der Waals surface area contributed by atoms with Crippen molar-refractivity contribution in [3.05, 3.63) is 83.9 Å². The second kappa shape index (κ2) is 11.2. The van der Waals surface area contributed by atoms with Gasteiger partial charge in [0, 0.05) is 0 Å². The monoisotopic (exact) mass is 604 g/mol. The van der Waals surface area contributed by atoms with Gasteiger partial charge in [0.2, 0.25) is 0 Å². The number of hydrogen-bond donors (Lipinski definition) is 0. The number of fused-ring (bicyclic) bond motifs is 3. The fourth-order valence-corrected chi connectivity index (χ4v) is 5.60. The van der Waals surface area contributed by atoms with Gasteiger partial charge in [-0.1, -0.05) is 76.9 Å². The summed E-state index contributed by atoms with van der Waals surface area (Å²) in [6.07, 6.45) is 5.96. The van der Waals surface area contributed by atoms with Crippen LogP contribution < -0.4 is 0 Å². The molecule has 0 radical (unpaired) electrons. The van der Waals surface area contributed by atoms with Crippen LogP contribution in [-0.2, 0) is 34.7 Å². The van der Waals surface area contributed by atoms with Gasteiger partial charge in [0.25, 0.3) is 0 Å². The Bertz CT molecular complexity index is 1050. The van der Waals surface area contributed by atoms with Gasteiger partial charge in [-0.15, -0.1) is 39.7 Å². The minimum absolute atomic E-state index is 0.203. The van der Waals surface area contributed by atoms with Gasteiger partial charge >= 0.3 is 59.3 Å². The molecule has 172 valence electrons. The predicted octanol–water partition coefficient (Wildman–Crippen LogP) is 9.24. The zero-order valence-corrected chi connectivity index (χ0v) is 25.0. The Labute approximate surface area is 216 Å². The van der Waals surface area contributed by atoms with Gasteiger partial charge in [-0.2, -0.15) is 18.2 Å². The van der Waals surface area contributed by atoms with Crippen LogP contribution in [0.3, 0.4) is 0 Å². The average molecular weight is 603 g/mol. The van der Waals surface area contributed by atoms with Crippen LogP contribution in [0.4, 0.5) is 0 Å². The first-order valence-electron chi connectivity index (χ1n) is 12.4. The molecule has 0 aliphatic heterocycles. The molecule has 1 aliphatic carbocycles. The third kappa shape index (κ3) is 7.19. The first-order valence-corrected chi connectivity index (χ1v) is 14.5. The van der Waals surface area contributed by atoms with Crippen molar-refractivity contribution in [1.82, 2.24) is 0 Å². The van der Waals surface area contributed by atoms with E-state index in [9.17, 15) is 0 Å². The van der Waals surface area contributed by atoms with E-state index in [4.69, 9.17) is 0 Å². The van der Waals surface area contributed by atoms with E-state index in [1.807, 2.05) is 30.3 Å². The van der Waals surface area contributed by atoms with E-state index in [2.05, 4.69) is 87.8 Å². The summed E-state index contributed by atoms with van der Waals surface area (Å²) < 4.78 is 2.48. The van der Waals surface area contributed by atoms with Crippen LogP contribution in [0.2, 0.25) is 0 Å². The van der Waals surface area contributed by atoms with Crippen LogP contribution in [0.1, 0.15) is 78.4 Å². The fraction of sp³-hybridized carbons (Fsp3) is 0.406. The summed E-state index contributed by atoms with van der Waals surface area (Å²) in [5.74, 6) is 1.03. The minimum Gasteiger partial charge on any atom is -0.214 e. The molecule has 1 heteroatoms. The van der Waals surface area contributed by atoms with Crippen molar-refractivity contribution in [3.63, 3.8) is 0 Å². The quantitative estimate of drug-likeness (QED) is 0.150. The molecule has 0 unspecified atom stereocenters. The smallest absolute Gasteiger partial charge is 0.172 e. The van der Waals surface area contributed by atoms with Gasteiger partial charge < -0.3 is 0 Å². The molecule has 0 bridgehead atoms. The first-order chi connectivity index (χ1) is 15.6. The molecule has 1 aliphatic rings. The van der Waals surface area contributed by atoms with Crippen LogP contribution in [0.5, 0.6) is 0 Å². The van der Waals surface area contributed by atoms with Crippen molar-refractivity contribution in [2.75, 3.05) is 0 Å². The van der Waals surface area contributed by atoms with Gasteiger partial charge in [0.1, 0.15) is 0 Å². The Morgan fingerprint density at radius 1 is 0.758 bits per heavy atom. The van der Waals surface area contributed by atoms with E-state index < -0.39 is 0 Å². The van der Waals surface area contributed by atoms with Crippen molar-refractivity contribution in [2.24, 2.45) is 5.92 Å². The van der Waals surface area contributed by atoms with Crippen molar-refractivity contribution in [3.8, 4) is 0 Å². The zero-order chi connectivity index (χ0) is 24.1. The Morgan fingerprint density at radius 2 is 1.21 bits per heavy atom. The molecule has 0 N–H and O–H groups in total. The fourth-order valence-electron chi connectivity index (χ4n) is 4.40. The van der Waals surface area contributed by atoms with E-state index in [0.29, 0.717) is 0 Å². The van der Waals surface area contributed by atoms with Gasteiger partial charge in [0.15, 0.2) is 0 Å². The van der Waals surface area contributed by atoms with Gasteiger partial charge in [-0.25, -0.2) is 12.1 Å². The minimum atomic E-state index is 0.203. The maximum Gasteiger partial charge on any atom is -0.172 e. The summed E-state index contributed by atoms with van der Waals surface area (Å²) in [6.45, 7) is 13.6. The molecule has 0 heterocycles. The molecule has 0 spiro atoms. The topological polar surface area (TPSA) is 0 Å². The van der Waals surface area contributed by atoms with Gasteiger partial charge in [-0.3, -0.25) is 0 Å². The van der Waals surface area contributed by atoms with Gasteiger partial charge in [0.05, 0.1) is 0 Å². The second-order valence-electron chi connectivity index (χ2n) is 11.4. The van der Waals surface area contributed by atoms with Crippen molar-refractivity contribution >= 4 is 25.3 Å². The van der Waals surface area contributed by atoms with Crippen LogP contribution in [0.15, 0.2) is 72.8 Å². The number of benzene rings is 2. The Balaban J connectivity index is 0.000000207. The van der Waals surface area contributed by atoms with Crippen molar-refractivity contribution < 1.29 is 23.9 Å². The number of rotatable bonds is 1. The van der Waals surface area contributed by atoms with Crippen molar-refractivity contribution in [2.45, 2.75) is 78.1 Å². The van der Waals surface area contributed by atoms with Crippen LogP contribution in [0.25, 0.3) is 21.5 Å². The summed E-state index contributed by atoms with van der Waals surface area (Å²) in [4.78, 5) is 0. The van der Waals surface area contributed by atoms with Crippen LogP contribution in [0, 0.1) is 5.92 Å². The van der Waals surface area contributed by atoms with Crippen molar-refractivity contribution in [1.29, 1.82) is 0 Å². The molecule has 1 fully saturated rings. The first kappa shape index (κ1) is 26.0. The third-order valence-corrected chi connectivity index (χ3v) is 8.32. The van der Waals surface area contributed by atoms with E-state index >= 15 is 0 Å². The second-order valence-corrected chi connectivity index (χ2v) is 12.6. The summed E-state index contributed by atoms with van der Waals surface area (Å²) >= 11 is 1.31. The number of hydrogen-bond acceptors (Lipinski definition) is 0. The van der Waals surface area contributed by atoms with E-state index in [-0.39, 0.29) is 10.8 Å². The maximum absolute atomic E-state index is 2.48. The average Bonchev–Trinajstić information content (AvgIpc) is 3.54. The van der Waals surface area contributed by atoms with Crippen LogP contribution >= 0.6 is 0 Å². The molecule has 5 rings (SSSR count). The summed E-state index contributed by atoms with van der Waals surface area (Å²) in [5.41, 5.74) is 3.21. The zero-order valence-electron chi connectivity index (χ0n) is 21.4. The molecule has 0 nitrogen and oxygen atoms in total. The largest absolute Gasteiger partial charge is 0.214 e. The molecule has 0 aromatic heterocycles. The Morgan fingerprint density at radius 3 is 1.52 bits per heavy atom. The molecule has 4 aromatic rings. The van der Waals surface area contributed by atoms with E-state index in [1.54, 1.807) is 0 Å². The third-order valence-electron chi connectivity index (χ3n) is 6.63. The molecular weight excluding hydrogens is 563 g/mol.